The van der Waals surface area contributed by atoms with Gasteiger partial charge in [0, 0.05) is 31.9 Å². The summed E-state index contributed by atoms with van der Waals surface area (Å²) in [6.45, 7) is 5.49. The Kier molecular flexibility index (Phi) is 17.6. The smallest absolute Gasteiger partial charge is 0.487 e. The third-order valence-corrected chi connectivity index (χ3v) is 7.00. The fourth-order valence-corrected chi connectivity index (χ4v) is 4.21. The first-order chi connectivity index (χ1) is 23.6. The summed E-state index contributed by atoms with van der Waals surface area (Å²) in [5.41, 5.74) is -5.96. The molecule has 0 amide bonds. The highest BCUT2D eigenvalue weighted by Gasteiger charge is 2.49. The van der Waals surface area contributed by atoms with Crippen LogP contribution in [-0.2, 0) is 38.5 Å². The van der Waals surface area contributed by atoms with Crippen molar-refractivity contribution in [1.29, 1.82) is 0 Å². The lowest BCUT2D eigenvalue weighted by molar-refractivity contribution is -0.0500. The van der Waals surface area contributed by atoms with Crippen LogP contribution in [0.3, 0.4) is 0 Å². The van der Waals surface area contributed by atoms with Crippen LogP contribution in [-0.4, -0.2) is 120 Å². The summed E-state index contributed by atoms with van der Waals surface area (Å²) in [5, 5.41) is 8.11. The maximum atomic E-state index is 13.3. The van der Waals surface area contributed by atoms with E-state index in [1.807, 2.05) is 0 Å². The quantitative estimate of drug-likeness (QED) is 0.102. The van der Waals surface area contributed by atoms with Crippen molar-refractivity contribution in [2.45, 2.75) is 12.4 Å². The van der Waals surface area contributed by atoms with Gasteiger partial charge in [0.1, 0.15) is 32.1 Å². The van der Waals surface area contributed by atoms with Gasteiger partial charge in [-0.1, -0.05) is 0 Å². The van der Waals surface area contributed by atoms with Crippen molar-refractivity contribution in [3.63, 3.8) is 0 Å². The maximum absolute atomic E-state index is 13.3. The number of ether oxygens (including phenoxy) is 10. The molecule has 0 N–H and O–H groups in total. The molecule has 49 heavy (non-hydrogen) atoms. The van der Waals surface area contributed by atoms with E-state index in [1.165, 1.54) is 19.2 Å². The Morgan fingerprint density at radius 1 is 0.694 bits per heavy atom. The standard InChI is InChI=1S/C30H41F3N2O13S/c1-3-39-12-16-46-28-21-24(26(48-49(36,37)30(31,32)33)22-29(28)47-19-14-40-7-6-38-2)35-34-23-4-5-25-27(20-23)45-18-15-43-11-9-41-8-10-42-13-17-44-25/h4-5,20-22H,3,6-19H2,1-2H3. The van der Waals surface area contributed by atoms with E-state index in [4.69, 9.17) is 47.4 Å². The molecule has 0 spiro atoms. The second-order valence-electron chi connectivity index (χ2n) is 9.61. The van der Waals surface area contributed by atoms with Gasteiger partial charge in [0.25, 0.3) is 0 Å². The maximum Gasteiger partial charge on any atom is 0.534 e. The summed E-state index contributed by atoms with van der Waals surface area (Å²) < 4.78 is 123. The van der Waals surface area contributed by atoms with Crippen LogP contribution in [0.15, 0.2) is 40.6 Å². The van der Waals surface area contributed by atoms with Crippen molar-refractivity contribution < 1.29 is 73.1 Å². The topological polar surface area (TPSA) is 160 Å². The fourth-order valence-electron chi connectivity index (χ4n) is 3.74. The zero-order chi connectivity index (χ0) is 35.4. The van der Waals surface area contributed by atoms with Gasteiger partial charge in [-0.3, -0.25) is 0 Å². The lowest BCUT2D eigenvalue weighted by atomic mass is 10.2. The molecule has 2 aromatic carbocycles. The molecule has 2 aromatic rings. The molecule has 0 radical (unpaired) electrons. The summed E-state index contributed by atoms with van der Waals surface area (Å²) in [6.07, 6.45) is 0. The molecule has 0 atom stereocenters. The number of hydrogen-bond donors (Lipinski definition) is 0. The van der Waals surface area contributed by atoms with Gasteiger partial charge in [-0.25, -0.2) is 0 Å². The Balaban J connectivity index is 1.93. The first-order valence-electron chi connectivity index (χ1n) is 15.3. The fraction of sp³-hybridized carbons (Fsp3) is 0.600. The number of fused-ring (bicyclic) bond motifs is 1. The number of alkyl halides is 3. The Morgan fingerprint density at radius 3 is 1.88 bits per heavy atom. The van der Waals surface area contributed by atoms with E-state index in [2.05, 4.69) is 14.4 Å². The molecule has 0 aliphatic carbocycles. The first kappa shape index (κ1) is 40.0. The molecule has 0 aromatic heterocycles. The third kappa shape index (κ3) is 14.5. The Morgan fingerprint density at radius 2 is 1.27 bits per heavy atom. The minimum absolute atomic E-state index is 0.00616. The Hall–Kier alpha value is -3.46. The monoisotopic (exact) mass is 726 g/mol. The first-order valence-corrected chi connectivity index (χ1v) is 16.7. The van der Waals surface area contributed by atoms with Gasteiger partial charge in [0.05, 0.1) is 71.8 Å². The lowest BCUT2D eigenvalue weighted by Crippen LogP contribution is -2.28. The van der Waals surface area contributed by atoms with Crippen LogP contribution in [0.4, 0.5) is 24.5 Å². The van der Waals surface area contributed by atoms with Crippen molar-refractivity contribution in [3.8, 4) is 28.7 Å². The van der Waals surface area contributed by atoms with Crippen LogP contribution >= 0.6 is 0 Å². The number of azo groups is 1. The molecule has 0 saturated carbocycles. The molecule has 276 valence electrons. The molecule has 0 unspecified atom stereocenters. The molecular formula is C30H41F3N2O13S. The van der Waals surface area contributed by atoms with Crippen LogP contribution in [0, 0.1) is 0 Å². The second-order valence-corrected chi connectivity index (χ2v) is 11.2. The predicted octanol–water partition coefficient (Wildman–Crippen LogP) is 4.61. The zero-order valence-corrected chi connectivity index (χ0v) is 28.1. The summed E-state index contributed by atoms with van der Waals surface area (Å²) >= 11 is 0. The van der Waals surface area contributed by atoms with E-state index >= 15 is 0 Å². The van der Waals surface area contributed by atoms with Crippen molar-refractivity contribution in [1.82, 2.24) is 0 Å². The molecule has 1 heterocycles. The van der Waals surface area contributed by atoms with Gasteiger partial charge in [0.2, 0.25) is 0 Å². The molecule has 3 rings (SSSR count). The van der Waals surface area contributed by atoms with Gasteiger partial charge in [-0.05, 0) is 19.1 Å². The Labute approximate surface area is 282 Å². The highest BCUT2D eigenvalue weighted by Crippen LogP contribution is 2.43. The average Bonchev–Trinajstić information content (AvgIpc) is 3.07. The minimum atomic E-state index is -6.11. The third-order valence-electron chi connectivity index (χ3n) is 6.03. The van der Waals surface area contributed by atoms with E-state index in [0.717, 1.165) is 12.1 Å². The van der Waals surface area contributed by atoms with E-state index in [1.54, 1.807) is 13.0 Å². The van der Waals surface area contributed by atoms with E-state index < -0.39 is 27.1 Å². The molecular weight excluding hydrogens is 685 g/mol. The molecule has 0 saturated heterocycles. The van der Waals surface area contributed by atoms with Gasteiger partial charge in [-0.2, -0.15) is 26.7 Å². The second kappa shape index (κ2) is 21.6. The van der Waals surface area contributed by atoms with E-state index in [9.17, 15) is 21.6 Å². The van der Waals surface area contributed by atoms with Crippen molar-refractivity contribution >= 4 is 21.5 Å². The number of methoxy groups -OCH3 is 1. The van der Waals surface area contributed by atoms with Crippen LogP contribution in [0.1, 0.15) is 6.92 Å². The van der Waals surface area contributed by atoms with E-state index in [-0.39, 0.29) is 75.8 Å². The van der Waals surface area contributed by atoms with Crippen molar-refractivity contribution in [2.24, 2.45) is 10.2 Å². The summed E-state index contributed by atoms with van der Waals surface area (Å²) in [7, 11) is -4.60. The summed E-state index contributed by atoms with van der Waals surface area (Å²) in [6, 6.07) is 6.61. The number of rotatable bonds is 16. The highest BCUT2D eigenvalue weighted by molar-refractivity contribution is 7.88. The normalized spacial score (nSPS) is 15.4. The van der Waals surface area contributed by atoms with Gasteiger partial charge in [0.15, 0.2) is 28.7 Å². The summed E-state index contributed by atoms with van der Waals surface area (Å²) in [5.74, 6) is -0.302. The lowest BCUT2D eigenvalue weighted by Gasteiger charge is -2.17. The van der Waals surface area contributed by atoms with Crippen LogP contribution in [0.5, 0.6) is 28.7 Å². The number of benzene rings is 2. The summed E-state index contributed by atoms with van der Waals surface area (Å²) in [4.78, 5) is 0. The molecule has 0 fully saturated rings. The molecule has 15 nitrogen and oxygen atoms in total. The Bertz CT molecular complexity index is 1400. The number of nitrogens with zero attached hydrogens (tertiary/aromatic N) is 2. The zero-order valence-electron chi connectivity index (χ0n) is 27.2. The van der Waals surface area contributed by atoms with Crippen LogP contribution in [0.25, 0.3) is 0 Å². The van der Waals surface area contributed by atoms with Crippen LogP contribution < -0.4 is 23.1 Å². The predicted molar refractivity (Wildman–Crippen MR) is 166 cm³/mol. The van der Waals surface area contributed by atoms with Crippen molar-refractivity contribution in [3.05, 3.63) is 30.3 Å². The highest BCUT2D eigenvalue weighted by atomic mass is 32.2. The van der Waals surface area contributed by atoms with Gasteiger partial charge >= 0.3 is 15.6 Å². The van der Waals surface area contributed by atoms with Crippen LogP contribution in [0.2, 0.25) is 0 Å². The average molecular weight is 727 g/mol. The SMILES string of the molecule is CCOCCOc1cc(N=Nc2ccc3c(c2)OCCOCCOCCOCCO3)c(OS(=O)(=O)C(F)(F)F)cc1OCCOCCOC. The van der Waals surface area contributed by atoms with E-state index in [0.29, 0.717) is 52.0 Å². The largest absolute Gasteiger partial charge is 0.534 e. The molecule has 0 bridgehead atoms. The number of hydrogen-bond acceptors (Lipinski definition) is 15. The van der Waals surface area contributed by atoms with Gasteiger partial charge < -0.3 is 51.6 Å². The minimum Gasteiger partial charge on any atom is -0.487 e. The molecule has 19 heteroatoms. The molecule has 1 aliphatic rings. The van der Waals surface area contributed by atoms with Gasteiger partial charge in [-0.15, -0.1) is 5.11 Å². The van der Waals surface area contributed by atoms with Crippen molar-refractivity contribution in [2.75, 3.05) is 106 Å². The number of halogens is 3. The molecule has 1 aliphatic heterocycles.